The van der Waals surface area contributed by atoms with Crippen molar-refractivity contribution >= 4 is 0 Å². The highest BCUT2D eigenvalue weighted by atomic mass is 16.5. The van der Waals surface area contributed by atoms with Gasteiger partial charge in [-0.3, -0.25) is 0 Å². The Balaban J connectivity index is 2.18. The van der Waals surface area contributed by atoms with E-state index in [4.69, 9.17) is 4.74 Å². The fraction of sp³-hybridized carbons (Fsp3) is 0.714. The molecule has 0 aromatic rings. The van der Waals surface area contributed by atoms with Gasteiger partial charge in [-0.05, 0) is 43.8 Å². The maximum absolute atomic E-state index is 10.7. The first-order valence-corrected chi connectivity index (χ1v) is 6.17. The summed E-state index contributed by atoms with van der Waals surface area (Å²) in [7, 11) is 0. The topological polar surface area (TPSA) is 29.5 Å². The van der Waals surface area contributed by atoms with Gasteiger partial charge in [0.05, 0.1) is 0 Å². The van der Waals surface area contributed by atoms with Gasteiger partial charge < -0.3 is 9.84 Å². The number of aliphatic hydroxyl groups is 1. The molecule has 0 spiro atoms. The summed E-state index contributed by atoms with van der Waals surface area (Å²) in [5.41, 5.74) is -1.07. The van der Waals surface area contributed by atoms with E-state index < -0.39 is 5.60 Å². The predicted octanol–water partition coefficient (Wildman–Crippen LogP) is 3.03. The minimum atomic E-state index is -0.750. The van der Waals surface area contributed by atoms with Crippen molar-refractivity contribution < 1.29 is 9.84 Å². The first-order chi connectivity index (χ1) is 7.41. The van der Waals surface area contributed by atoms with Gasteiger partial charge in [-0.25, -0.2) is 0 Å². The van der Waals surface area contributed by atoms with Gasteiger partial charge in [-0.15, -0.1) is 0 Å². The van der Waals surface area contributed by atoms with Crippen LogP contribution in [0.15, 0.2) is 24.5 Å². The molecular weight excluding hydrogens is 200 g/mol. The lowest BCUT2D eigenvalue weighted by molar-refractivity contribution is -0.0420. The van der Waals surface area contributed by atoms with E-state index in [-0.39, 0.29) is 11.5 Å². The Morgan fingerprint density at radius 3 is 2.69 bits per heavy atom. The zero-order chi connectivity index (χ0) is 12.0. The van der Waals surface area contributed by atoms with Gasteiger partial charge in [0, 0.05) is 6.42 Å². The summed E-state index contributed by atoms with van der Waals surface area (Å²) in [6.07, 6.45) is 6.56. The third-order valence-corrected chi connectivity index (χ3v) is 4.48. The number of ether oxygens (including phenoxy) is 1. The monoisotopic (exact) mass is 222 g/mol. The fourth-order valence-corrected chi connectivity index (χ4v) is 2.76. The quantitative estimate of drug-likeness (QED) is 0.728. The predicted molar refractivity (Wildman–Crippen MR) is 64.9 cm³/mol. The van der Waals surface area contributed by atoms with E-state index in [0.717, 1.165) is 25.0 Å². The molecule has 1 aliphatic heterocycles. The maximum atomic E-state index is 10.7. The van der Waals surface area contributed by atoms with Crippen molar-refractivity contribution in [3.8, 4) is 0 Å². The summed E-state index contributed by atoms with van der Waals surface area (Å²) >= 11 is 0. The summed E-state index contributed by atoms with van der Waals surface area (Å²) in [4.78, 5) is 0. The van der Waals surface area contributed by atoms with Crippen molar-refractivity contribution in [1.29, 1.82) is 0 Å². The van der Waals surface area contributed by atoms with E-state index in [0.29, 0.717) is 5.92 Å². The van der Waals surface area contributed by atoms with Gasteiger partial charge in [0.2, 0.25) is 0 Å². The van der Waals surface area contributed by atoms with Crippen LogP contribution in [-0.2, 0) is 4.74 Å². The highest BCUT2D eigenvalue weighted by molar-refractivity contribution is 5.23. The summed E-state index contributed by atoms with van der Waals surface area (Å²) in [5.74, 6) is 1.60. The number of rotatable bonds is 2. The normalized spacial score (nSPS) is 47.6. The summed E-state index contributed by atoms with van der Waals surface area (Å²) in [5, 5.41) is 10.7. The molecule has 2 heteroatoms. The van der Waals surface area contributed by atoms with Gasteiger partial charge in [-0.1, -0.05) is 20.4 Å². The van der Waals surface area contributed by atoms with Crippen molar-refractivity contribution in [1.82, 2.24) is 0 Å². The van der Waals surface area contributed by atoms with Crippen LogP contribution in [-0.4, -0.2) is 16.3 Å². The second-order valence-corrected chi connectivity index (χ2v) is 5.62. The molecule has 0 amide bonds. The van der Waals surface area contributed by atoms with Crippen LogP contribution in [0.1, 0.15) is 40.0 Å². The average molecular weight is 222 g/mol. The Bertz CT molecular complexity index is 334. The lowest BCUT2D eigenvalue weighted by Gasteiger charge is -2.32. The Morgan fingerprint density at radius 2 is 2.25 bits per heavy atom. The van der Waals surface area contributed by atoms with Gasteiger partial charge in [-0.2, -0.15) is 0 Å². The Morgan fingerprint density at radius 1 is 1.56 bits per heavy atom. The van der Waals surface area contributed by atoms with Crippen molar-refractivity contribution in [2.75, 3.05) is 0 Å². The molecular formula is C14H22O2. The minimum absolute atomic E-state index is 0.269. The van der Waals surface area contributed by atoms with Crippen LogP contribution in [0.3, 0.4) is 0 Å². The lowest BCUT2D eigenvalue weighted by Crippen LogP contribution is -2.37. The molecule has 1 heterocycles. The molecule has 0 radical (unpaired) electrons. The van der Waals surface area contributed by atoms with Crippen LogP contribution in [0, 0.1) is 11.8 Å². The van der Waals surface area contributed by atoms with E-state index >= 15 is 0 Å². The Kier molecular flexibility index (Phi) is 2.66. The molecule has 0 saturated heterocycles. The van der Waals surface area contributed by atoms with Crippen LogP contribution in [0.25, 0.3) is 0 Å². The largest absolute Gasteiger partial charge is 0.485 e. The first-order valence-electron chi connectivity index (χ1n) is 6.17. The van der Waals surface area contributed by atoms with Gasteiger partial charge in [0.25, 0.3) is 0 Å². The maximum Gasteiger partial charge on any atom is 0.127 e. The molecule has 0 aromatic heterocycles. The van der Waals surface area contributed by atoms with Crippen LogP contribution >= 0.6 is 0 Å². The third-order valence-electron chi connectivity index (χ3n) is 4.48. The van der Waals surface area contributed by atoms with Gasteiger partial charge in [0.15, 0.2) is 0 Å². The molecule has 1 saturated carbocycles. The zero-order valence-corrected chi connectivity index (χ0v) is 10.5. The Hall–Kier alpha value is -0.760. The fourth-order valence-electron chi connectivity index (χ4n) is 2.76. The molecule has 0 bridgehead atoms. The lowest BCUT2D eigenvalue weighted by atomic mass is 9.86. The standard InChI is InChI=1S/C14H22O2/c1-5-13(4)8-7-12(16-13)14(15)9-6-10(2)11(14)3/h5,7,10-11,15H,1,6,8-9H2,2-4H3/t10-,11+,13-,14-/m0/s1. The molecule has 0 aromatic carbocycles. The molecule has 4 atom stereocenters. The third kappa shape index (κ3) is 1.60. The van der Waals surface area contributed by atoms with Crippen molar-refractivity contribution in [3.05, 3.63) is 24.5 Å². The number of hydrogen-bond donors (Lipinski definition) is 1. The SMILES string of the molecule is C=C[C@@]1(C)CC=C([C@]2(O)CC[C@H](C)[C@H]2C)O1. The smallest absolute Gasteiger partial charge is 0.127 e. The second-order valence-electron chi connectivity index (χ2n) is 5.62. The molecule has 2 nitrogen and oxygen atoms in total. The minimum Gasteiger partial charge on any atom is -0.485 e. The summed E-state index contributed by atoms with van der Waals surface area (Å²) in [6.45, 7) is 10.1. The van der Waals surface area contributed by atoms with E-state index in [1.165, 1.54) is 0 Å². The molecule has 1 aliphatic carbocycles. The number of hydrogen-bond acceptors (Lipinski definition) is 2. The van der Waals surface area contributed by atoms with Gasteiger partial charge in [0.1, 0.15) is 17.0 Å². The molecule has 16 heavy (non-hydrogen) atoms. The highest BCUT2D eigenvalue weighted by Gasteiger charge is 2.49. The van der Waals surface area contributed by atoms with E-state index in [1.54, 1.807) is 0 Å². The molecule has 1 N–H and O–H groups in total. The average Bonchev–Trinajstić information content (AvgIpc) is 2.78. The van der Waals surface area contributed by atoms with E-state index in [2.05, 4.69) is 20.4 Å². The van der Waals surface area contributed by atoms with E-state index in [9.17, 15) is 5.11 Å². The van der Waals surface area contributed by atoms with Crippen molar-refractivity contribution in [2.24, 2.45) is 11.8 Å². The molecule has 2 rings (SSSR count). The summed E-state index contributed by atoms with van der Waals surface area (Å²) < 4.78 is 5.90. The zero-order valence-electron chi connectivity index (χ0n) is 10.5. The van der Waals surface area contributed by atoms with Crippen LogP contribution in [0.2, 0.25) is 0 Å². The van der Waals surface area contributed by atoms with Crippen molar-refractivity contribution in [2.45, 2.75) is 51.2 Å². The van der Waals surface area contributed by atoms with Crippen LogP contribution in [0.4, 0.5) is 0 Å². The molecule has 2 aliphatic rings. The molecule has 90 valence electrons. The highest BCUT2D eigenvalue weighted by Crippen LogP contribution is 2.48. The van der Waals surface area contributed by atoms with Gasteiger partial charge >= 0.3 is 0 Å². The second kappa shape index (κ2) is 3.63. The van der Waals surface area contributed by atoms with E-state index in [1.807, 2.05) is 19.1 Å². The molecule has 1 fully saturated rings. The van der Waals surface area contributed by atoms with Crippen LogP contribution in [0.5, 0.6) is 0 Å². The first kappa shape index (κ1) is 11.7. The molecule has 0 unspecified atom stereocenters. The van der Waals surface area contributed by atoms with Crippen molar-refractivity contribution in [3.63, 3.8) is 0 Å². The Labute approximate surface area is 98.0 Å². The summed E-state index contributed by atoms with van der Waals surface area (Å²) in [6, 6.07) is 0. The van der Waals surface area contributed by atoms with Crippen LogP contribution < -0.4 is 0 Å².